The summed E-state index contributed by atoms with van der Waals surface area (Å²) in [7, 11) is 0. The number of hydrogen-bond acceptors (Lipinski definition) is 4. The summed E-state index contributed by atoms with van der Waals surface area (Å²) in [6, 6.07) is 0. The van der Waals surface area contributed by atoms with E-state index in [0.717, 1.165) is 25.7 Å². The minimum atomic E-state index is -0.377. The first-order valence-electron chi connectivity index (χ1n) is 5.57. The van der Waals surface area contributed by atoms with E-state index in [1.54, 1.807) is 6.92 Å². The Morgan fingerprint density at radius 3 is 2.75 bits per heavy atom. The van der Waals surface area contributed by atoms with Crippen molar-refractivity contribution >= 4 is 5.82 Å². The van der Waals surface area contributed by atoms with Crippen molar-refractivity contribution in [1.29, 1.82) is 0 Å². The lowest BCUT2D eigenvalue weighted by atomic mass is 10.2. The molecule has 5 heteroatoms. The molecular weight excluding hydrogens is 209 g/mol. The second kappa shape index (κ2) is 7.11. The number of aliphatic hydroxyl groups is 1. The maximum absolute atomic E-state index is 13.4. The molecule has 0 aliphatic heterocycles. The van der Waals surface area contributed by atoms with Gasteiger partial charge in [-0.3, -0.25) is 0 Å². The van der Waals surface area contributed by atoms with Crippen LogP contribution in [0.5, 0.6) is 0 Å². The molecule has 0 amide bonds. The first-order chi connectivity index (χ1) is 7.75. The van der Waals surface area contributed by atoms with E-state index in [9.17, 15) is 4.39 Å². The minimum Gasteiger partial charge on any atom is -0.396 e. The molecule has 0 unspecified atom stereocenters. The van der Waals surface area contributed by atoms with Crippen LogP contribution in [0, 0.1) is 12.7 Å². The van der Waals surface area contributed by atoms with E-state index in [4.69, 9.17) is 5.11 Å². The Morgan fingerprint density at radius 2 is 2.00 bits per heavy atom. The maximum Gasteiger partial charge on any atom is 0.186 e. The number of aliphatic hydroxyl groups excluding tert-OH is 1. The number of rotatable bonds is 7. The zero-order chi connectivity index (χ0) is 11.8. The summed E-state index contributed by atoms with van der Waals surface area (Å²) in [5.74, 6) is -0.104. The fourth-order valence-electron chi connectivity index (χ4n) is 1.38. The van der Waals surface area contributed by atoms with E-state index in [1.165, 1.54) is 6.33 Å². The largest absolute Gasteiger partial charge is 0.396 e. The molecular formula is C11H18FN3O. The first-order valence-corrected chi connectivity index (χ1v) is 5.57. The van der Waals surface area contributed by atoms with Gasteiger partial charge in [0, 0.05) is 13.2 Å². The number of hydrogen-bond donors (Lipinski definition) is 2. The van der Waals surface area contributed by atoms with Crippen molar-refractivity contribution in [3.8, 4) is 0 Å². The van der Waals surface area contributed by atoms with Gasteiger partial charge in [0.05, 0.1) is 5.69 Å². The molecule has 0 fully saturated rings. The Morgan fingerprint density at radius 1 is 1.25 bits per heavy atom. The number of nitrogens with one attached hydrogen (secondary N) is 1. The van der Waals surface area contributed by atoms with Crippen molar-refractivity contribution in [3.63, 3.8) is 0 Å². The van der Waals surface area contributed by atoms with E-state index >= 15 is 0 Å². The molecule has 0 bridgehead atoms. The van der Waals surface area contributed by atoms with Crippen molar-refractivity contribution in [2.24, 2.45) is 0 Å². The van der Waals surface area contributed by atoms with Gasteiger partial charge in [-0.1, -0.05) is 12.8 Å². The van der Waals surface area contributed by atoms with Gasteiger partial charge in [-0.05, 0) is 19.8 Å². The number of aryl methyl sites for hydroxylation is 1. The quantitative estimate of drug-likeness (QED) is 0.698. The molecule has 16 heavy (non-hydrogen) atoms. The van der Waals surface area contributed by atoms with Gasteiger partial charge >= 0.3 is 0 Å². The third kappa shape index (κ3) is 4.10. The van der Waals surface area contributed by atoms with Gasteiger partial charge in [-0.2, -0.15) is 0 Å². The van der Waals surface area contributed by atoms with Crippen LogP contribution >= 0.6 is 0 Å². The van der Waals surface area contributed by atoms with Crippen LogP contribution in [0.1, 0.15) is 31.4 Å². The molecule has 0 saturated carbocycles. The van der Waals surface area contributed by atoms with Gasteiger partial charge in [-0.25, -0.2) is 14.4 Å². The second-order valence-corrected chi connectivity index (χ2v) is 3.69. The Balaban J connectivity index is 2.24. The highest BCUT2D eigenvalue weighted by Crippen LogP contribution is 2.11. The molecule has 90 valence electrons. The molecule has 0 saturated heterocycles. The van der Waals surface area contributed by atoms with E-state index in [2.05, 4.69) is 15.3 Å². The molecule has 0 spiro atoms. The van der Waals surface area contributed by atoms with Crippen molar-refractivity contribution in [2.75, 3.05) is 18.5 Å². The molecule has 0 atom stereocenters. The smallest absolute Gasteiger partial charge is 0.186 e. The second-order valence-electron chi connectivity index (χ2n) is 3.69. The fourth-order valence-corrected chi connectivity index (χ4v) is 1.38. The summed E-state index contributed by atoms with van der Waals surface area (Å²) in [5, 5.41) is 11.5. The van der Waals surface area contributed by atoms with Crippen LogP contribution in [0.2, 0.25) is 0 Å². The number of nitrogens with zero attached hydrogens (tertiary/aromatic N) is 2. The monoisotopic (exact) mass is 227 g/mol. The van der Waals surface area contributed by atoms with Crippen molar-refractivity contribution < 1.29 is 9.50 Å². The van der Waals surface area contributed by atoms with Gasteiger partial charge < -0.3 is 10.4 Å². The molecule has 0 aliphatic carbocycles. The summed E-state index contributed by atoms with van der Waals surface area (Å²) in [6.07, 6.45) is 5.17. The lowest BCUT2D eigenvalue weighted by Crippen LogP contribution is -2.07. The lowest BCUT2D eigenvalue weighted by Gasteiger charge is -2.06. The molecule has 1 rings (SSSR count). The molecule has 0 radical (unpaired) electrons. The Hall–Kier alpha value is -1.23. The zero-order valence-corrected chi connectivity index (χ0v) is 9.54. The van der Waals surface area contributed by atoms with E-state index < -0.39 is 0 Å². The normalized spacial score (nSPS) is 10.4. The number of anilines is 1. The van der Waals surface area contributed by atoms with Crippen LogP contribution < -0.4 is 5.32 Å². The molecule has 2 N–H and O–H groups in total. The summed E-state index contributed by atoms with van der Waals surface area (Å²) >= 11 is 0. The van der Waals surface area contributed by atoms with Crippen LogP contribution in [-0.2, 0) is 0 Å². The highest BCUT2D eigenvalue weighted by atomic mass is 19.1. The van der Waals surface area contributed by atoms with Crippen molar-refractivity contribution in [3.05, 3.63) is 17.8 Å². The predicted octanol–water partition coefficient (Wildman–Crippen LogP) is 1.89. The molecule has 4 nitrogen and oxygen atoms in total. The summed E-state index contributed by atoms with van der Waals surface area (Å²) in [6.45, 7) is 2.55. The maximum atomic E-state index is 13.4. The van der Waals surface area contributed by atoms with E-state index in [-0.39, 0.29) is 18.2 Å². The average Bonchev–Trinajstić information content (AvgIpc) is 2.29. The van der Waals surface area contributed by atoms with E-state index in [0.29, 0.717) is 12.2 Å². The Kier molecular flexibility index (Phi) is 5.71. The van der Waals surface area contributed by atoms with Crippen LogP contribution in [-0.4, -0.2) is 28.2 Å². The number of aromatic nitrogens is 2. The number of unbranched alkanes of at least 4 members (excludes halogenated alkanes) is 3. The van der Waals surface area contributed by atoms with Crippen LogP contribution in [0.3, 0.4) is 0 Å². The standard InChI is InChI=1S/C11H18FN3O/c1-9-10(12)11(15-8-14-9)13-6-4-2-3-5-7-16/h8,16H,2-7H2,1H3,(H,13,14,15). The van der Waals surface area contributed by atoms with Crippen LogP contribution in [0.4, 0.5) is 10.2 Å². The van der Waals surface area contributed by atoms with Crippen molar-refractivity contribution in [1.82, 2.24) is 9.97 Å². The average molecular weight is 227 g/mol. The first kappa shape index (κ1) is 12.8. The van der Waals surface area contributed by atoms with Gasteiger partial charge in [0.1, 0.15) is 6.33 Å². The fraction of sp³-hybridized carbons (Fsp3) is 0.636. The third-order valence-electron chi connectivity index (χ3n) is 2.34. The summed E-state index contributed by atoms with van der Waals surface area (Å²) in [5.41, 5.74) is 0.359. The summed E-state index contributed by atoms with van der Waals surface area (Å²) < 4.78 is 13.4. The highest BCUT2D eigenvalue weighted by Gasteiger charge is 2.05. The van der Waals surface area contributed by atoms with Gasteiger partial charge in [0.25, 0.3) is 0 Å². The van der Waals surface area contributed by atoms with Crippen LogP contribution in [0.25, 0.3) is 0 Å². The Labute approximate surface area is 94.9 Å². The van der Waals surface area contributed by atoms with Gasteiger partial charge in [0.2, 0.25) is 0 Å². The van der Waals surface area contributed by atoms with Gasteiger partial charge in [0.15, 0.2) is 11.6 Å². The number of halogens is 1. The molecule has 1 aromatic rings. The third-order valence-corrected chi connectivity index (χ3v) is 2.34. The highest BCUT2D eigenvalue weighted by molar-refractivity contribution is 5.36. The minimum absolute atomic E-state index is 0.243. The summed E-state index contributed by atoms with van der Waals surface area (Å²) in [4.78, 5) is 7.59. The Bertz CT molecular complexity index is 320. The predicted molar refractivity (Wildman–Crippen MR) is 60.8 cm³/mol. The molecule has 1 heterocycles. The molecule has 0 aromatic carbocycles. The molecule has 1 aromatic heterocycles. The van der Waals surface area contributed by atoms with Crippen molar-refractivity contribution in [2.45, 2.75) is 32.6 Å². The van der Waals surface area contributed by atoms with E-state index in [1.807, 2.05) is 0 Å². The topological polar surface area (TPSA) is 58.0 Å². The zero-order valence-electron chi connectivity index (χ0n) is 9.54. The van der Waals surface area contributed by atoms with Crippen LogP contribution in [0.15, 0.2) is 6.33 Å². The lowest BCUT2D eigenvalue weighted by molar-refractivity contribution is 0.283. The molecule has 0 aliphatic rings. The van der Waals surface area contributed by atoms with Gasteiger partial charge in [-0.15, -0.1) is 0 Å². The SMILES string of the molecule is Cc1ncnc(NCCCCCCO)c1F.